The summed E-state index contributed by atoms with van der Waals surface area (Å²) in [5, 5.41) is 3.18. The van der Waals surface area contributed by atoms with Gasteiger partial charge in [-0.25, -0.2) is 0 Å². The molecule has 2 aromatic rings. The van der Waals surface area contributed by atoms with Crippen molar-refractivity contribution in [3.63, 3.8) is 0 Å². The highest BCUT2D eigenvalue weighted by atomic mass is 16.5. The quantitative estimate of drug-likeness (QED) is 0.893. The first-order valence-electron chi connectivity index (χ1n) is 6.55. The van der Waals surface area contributed by atoms with E-state index in [1.165, 1.54) is 22.3 Å². The van der Waals surface area contributed by atoms with Crippen molar-refractivity contribution in [1.29, 1.82) is 0 Å². The Hall–Kier alpha value is -1.96. The van der Waals surface area contributed by atoms with E-state index in [0.717, 1.165) is 17.9 Å². The van der Waals surface area contributed by atoms with Crippen molar-refractivity contribution in [1.82, 2.24) is 0 Å². The average molecular weight is 255 g/mol. The maximum atomic E-state index is 5.36. The third-order valence-corrected chi connectivity index (χ3v) is 3.68. The summed E-state index contributed by atoms with van der Waals surface area (Å²) in [6.07, 6.45) is 0.951. The van der Waals surface area contributed by atoms with Gasteiger partial charge in [0.25, 0.3) is 0 Å². The van der Waals surface area contributed by atoms with Crippen LogP contribution in [0, 0.1) is 13.8 Å². The van der Waals surface area contributed by atoms with Gasteiger partial charge in [0.05, 0.1) is 7.11 Å². The van der Waals surface area contributed by atoms with Gasteiger partial charge in [-0.15, -0.1) is 0 Å². The minimum Gasteiger partial charge on any atom is -0.496 e. The molecule has 0 heterocycles. The average Bonchev–Trinajstić information content (AvgIpc) is 2.44. The molecule has 2 aromatic carbocycles. The Labute approximate surface area is 115 Å². The second-order valence-electron chi connectivity index (χ2n) is 4.80. The van der Waals surface area contributed by atoms with Gasteiger partial charge >= 0.3 is 0 Å². The first-order valence-corrected chi connectivity index (χ1v) is 6.55. The molecule has 100 valence electrons. The second-order valence-corrected chi connectivity index (χ2v) is 4.80. The number of hydrogen-bond acceptors (Lipinski definition) is 2. The molecule has 0 saturated heterocycles. The van der Waals surface area contributed by atoms with Crippen LogP contribution in [0.2, 0.25) is 0 Å². The molecule has 0 bridgehead atoms. The fraction of sp³-hybridized carbons (Fsp3) is 0.294. The van der Waals surface area contributed by atoms with Gasteiger partial charge in [-0.05, 0) is 60.7 Å². The minimum absolute atomic E-state index is 0.951. The number of benzene rings is 2. The molecule has 0 aliphatic rings. The summed E-state index contributed by atoms with van der Waals surface area (Å²) >= 11 is 0. The zero-order valence-electron chi connectivity index (χ0n) is 12.1. The highest BCUT2D eigenvalue weighted by Crippen LogP contribution is 2.26. The van der Waals surface area contributed by atoms with Crippen molar-refractivity contribution >= 4 is 5.69 Å². The summed E-state index contributed by atoms with van der Waals surface area (Å²) in [7, 11) is 3.67. The maximum absolute atomic E-state index is 5.36. The molecule has 2 rings (SSSR count). The Bertz CT molecular complexity index is 575. The molecule has 1 N–H and O–H groups in total. The van der Waals surface area contributed by atoms with Crippen molar-refractivity contribution in [3.8, 4) is 5.75 Å². The molecule has 19 heavy (non-hydrogen) atoms. The first-order chi connectivity index (χ1) is 9.15. The van der Waals surface area contributed by atoms with Crippen molar-refractivity contribution in [3.05, 3.63) is 58.7 Å². The van der Waals surface area contributed by atoms with Crippen molar-refractivity contribution in [2.75, 3.05) is 19.5 Å². The number of nitrogens with one attached hydrogen (secondary N) is 1. The highest BCUT2D eigenvalue weighted by Gasteiger charge is 2.07. The highest BCUT2D eigenvalue weighted by molar-refractivity contribution is 5.49. The molecular formula is C17H21NO. The SMILES string of the molecule is CNc1cccc(Cc2ccc(OC)c(C)c2C)c1. The van der Waals surface area contributed by atoms with E-state index in [9.17, 15) is 0 Å². The first kappa shape index (κ1) is 13.5. The second kappa shape index (κ2) is 5.79. The zero-order valence-corrected chi connectivity index (χ0v) is 12.1. The number of anilines is 1. The maximum Gasteiger partial charge on any atom is 0.122 e. The summed E-state index contributed by atoms with van der Waals surface area (Å²) in [6.45, 7) is 4.27. The fourth-order valence-electron chi connectivity index (χ4n) is 2.32. The third kappa shape index (κ3) is 2.90. The van der Waals surface area contributed by atoms with Crippen LogP contribution in [-0.2, 0) is 6.42 Å². The Morgan fingerprint density at radius 1 is 1.05 bits per heavy atom. The summed E-state index contributed by atoms with van der Waals surface area (Å²) in [6, 6.07) is 12.7. The monoisotopic (exact) mass is 255 g/mol. The van der Waals surface area contributed by atoms with Gasteiger partial charge in [-0.3, -0.25) is 0 Å². The summed E-state index contributed by atoms with van der Waals surface area (Å²) in [5.74, 6) is 0.963. The van der Waals surface area contributed by atoms with Crippen LogP contribution in [0.4, 0.5) is 5.69 Å². The third-order valence-electron chi connectivity index (χ3n) is 3.68. The number of methoxy groups -OCH3 is 1. The Balaban J connectivity index is 2.30. The van der Waals surface area contributed by atoms with Crippen LogP contribution in [0.25, 0.3) is 0 Å². The summed E-state index contributed by atoms with van der Waals surface area (Å²) in [4.78, 5) is 0. The van der Waals surface area contributed by atoms with Crippen LogP contribution in [0.1, 0.15) is 22.3 Å². The fourth-order valence-corrected chi connectivity index (χ4v) is 2.32. The molecule has 0 saturated carbocycles. The smallest absolute Gasteiger partial charge is 0.122 e. The minimum atomic E-state index is 0.951. The van der Waals surface area contributed by atoms with Crippen molar-refractivity contribution in [2.45, 2.75) is 20.3 Å². The normalized spacial score (nSPS) is 10.3. The van der Waals surface area contributed by atoms with Crippen LogP contribution in [0.15, 0.2) is 36.4 Å². The van der Waals surface area contributed by atoms with Crippen LogP contribution < -0.4 is 10.1 Å². The standard InChI is InChI=1S/C17H21NO/c1-12-13(2)17(19-4)9-8-15(12)10-14-6-5-7-16(11-14)18-3/h5-9,11,18H,10H2,1-4H3. The lowest BCUT2D eigenvalue weighted by atomic mass is 9.96. The van der Waals surface area contributed by atoms with Crippen molar-refractivity contribution in [2.24, 2.45) is 0 Å². The van der Waals surface area contributed by atoms with Gasteiger partial charge in [0.2, 0.25) is 0 Å². The molecule has 0 aromatic heterocycles. The number of ether oxygens (including phenoxy) is 1. The van der Waals surface area contributed by atoms with E-state index in [2.05, 4.69) is 55.6 Å². The lowest BCUT2D eigenvalue weighted by Crippen LogP contribution is -1.98. The summed E-state index contributed by atoms with van der Waals surface area (Å²) in [5.41, 5.74) is 6.37. The molecule has 0 aliphatic heterocycles. The molecular weight excluding hydrogens is 234 g/mol. The zero-order chi connectivity index (χ0) is 13.8. The Morgan fingerprint density at radius 2 is 1.84 bits per heavy atom. The van der Waals surface area contributed by atoms with E-state index in [4.69, 9.17) is 4.74 Å². The lowest BCUT2D eigenvalue weighted by Gasteiger charge is -2.13. The van der Waals surface area contributed by atoms with E-state index in [1.54, 1.807) is 7.11 Å². The predicted octanol–water partition coefficient (Wildman–Crippen LogP) is 3.94. The Morgan fingerprint density at radius 3 is 2.53 bits per heavy atom. The van der Waals surface area contributed by atoms with Crippen molar-refractivity contribution < 1.29 is 4.74 Å². The van der Waals surface area contributed by atoms with Crippen LogP contribution in [0.3, 0.4) is 0 Å². The molecule has 0 unspecified atom stereocenters. The lowest BCUT2D eigenvalue weighted by molar-refractivity contribution is 0.411. The van der Waals surface area contributed by atoms with Gasteiger partial charge in [0.15, 0.2) is 0 Å². The summed E-state index contributed by atoms with van der Waals surface area (Å²) < 4.78 is 5.36. The van der Waals surface area contributed by atoms with E-state index in [1.807, 2.05) is 7.05 Å². The van der Waals surface area contributed by atoms with Gasteiger partial charge in [0, 0.05) is 12.7 Å². The molecule has 0 fully saturated rings. The van der Waals surface area contributed by atoms with E-state index >= 15 is 0 Å². The molecule has 2 heteroatoms. The van der Waals surface area contributed by atoms with E-state index in [0.29, 0.717) is 0 Å². The van der Waals surface area contributed by atoms with E-state index < -0.39 is 0 Å². The Kier molecular flexibility index (Phi) is 4.10. The van der Waals surface area contributed by atoms with Gasteiger partial charge in [-0.2, -0.15) is 0 Å². The topological polar surface area (TPSA) is 21.3 Å². The van der Waals surface area contributed by atoms with Gasteiger partial charge < -0.3 is 10.1 Å². The number of hydrogen-bond donors (Lipinski definition) is 1. The van der Waals surface area contributed by atoms with Crippen LogP contribution in [-0.4, -0.2) is 14.2 Å². The number of rotatable bonds is 4. The molecule has 2 nitrogen and oxygen atoms in total. The predicted molar refractivity (Wildman–Crippen MR) is 81.3 cm³/mol. The van der Waals surface area contributed by atoms with Gasteiger partial charge in [-0.1, -0.05) is 18.2 Å². The van der Waals surface area contributed by atoms with Crippen LogP contribution in [0.5, 0.6) is 5.75 Å². The van der Waals surface area contributed by atoms with Gasteiger partial charge in [0.1, 0.15) is 5.75 Å². The molecule has 0 radical (unpaired) electrons. The molecule has 0 aliphatic carbocycles. The largest absolute Gasteiger partial charge is 0.496 e. The molecule has 0 amide bonds. The molecule has 0 spiro atoms. The van der Waals surface area contributed by atoms with Crippen LogP contribution >= 0.6 is 0 Å². The molecule has 0 atom stereocenters. The van der Waals surface area contributed by atoms with E-state index in [-0.39, 0.29) is 0 Å².